The summed E-state index contributed by atoms with van der Waals surface area (Å²) in [6, 6.07) is -3.98. The third-order valence-corrected chi connectivity index (χ3v) is 2.03. The number of halogens is 13. The van der Waals surface area contributed by atoms with Crippen molar-refractivity contribution in [2.24, 2.45) is 0 Å². The lowest BCUT2D eigenvalue weighted by Crippen LogP contribution is -2.64. The van der Waals surface area contributed by atoms with Gasteiger partial charge in [-0.05, 0) is 0 Å². The average molecular weight is 408 g/mol. The van der Waals surface area contributed by atoms with Crippen molar-refractivity contribution in [3.63, 3.8) is 0 Å². The highest BCUT2D eigenvalue weighted by molar-refractivity contribution is 5.76. The van der Waals surface area contributed by atoms with Gasteiger partial charge in [0, 0.05) is 0 Å². The molecule has 0 saturated heterocycles. The Hall–Kier alpha value is -1.94. The van der Waals surface area contributed by atoms with E-state index in [1.54, 1.807) is 4.74 Å². The number of rotatable bonds is 6. The monoisotopic (exact) mass is 408 g/mol. The standard InChI is InChI=1S/C8HF13O4/c9-1(10)2(11)24-5(13,7(17,18)19)8(20,21)25-4(12,3(22)23)6(14,15)16/h(H,22,23). The zero-order valence-corrected chi connectivity index (χ0v) is 10.6. The van der Waals surface area contributed by atoms with E-state index in [1.165, 1.54) is 0 Å². The van der Waals surface area contributed by atoms with E-state index >= 15 is 0 Å². The van der Waals surface area contributed by atoms with E-state index in [4.69, 9.17) is 5.11 Å². The first-order chi connectivity index (χ1) is 10.7. The van der Waals surface area contributed by atoms with Crippen molar-refractivity contribution >= 4 is 5.97 Å². The predicted molar refractivity (Wildman–Crippen MR) is 44.9 cm³/mol. The molecule has 0 aliphatic carbocycles. The molecule has 2 unspecified atom stereocenters. The van der Waals surface area contributed by atoms with E-state index in [9.17, 15) is 61.9 Å². The number of carboxylic acids is 1. The summed E-state index contributed by atoms with van der Waals surface area (Å²) in [5, 5.41) is 7.87. The third-order valence-electron chi connectivity index (χ3n) is 2.03. The molecule has 0 radical (unpaired) electrons. The van der Waals surface area contributed by atoms with E-state index in [1.807, 2.05) is 4.74 Å². The molecule has 148 valence electrons. The van der Waals surface area contributed by atoms with Gasteiger partial charge in [0.15, 0.2) is 0 Å². The third kappa shape index (κ3) is 4.18. The van der Waals surface area contributed by atoms with Crippen molar-refractivity contribution < 1.29 is 76.5 Å². The fraction of sp³-hybridized carbons (Fsp3) is 0.625. The van der Waals surface area contributed by atoms with E-state index < -0.39 is 48.2 Å². The first kappa shape index (κ1) is 23.1. The van der Waals surface area contributed by atoms with Gasteiger partial charge >= 0.3 is 48.2 Å². The maximum atomic E-state index is 13.3. The Kier molecular flexibility index (Phi) is 5.92. The zero-order chi connectivity index (χ0) is 20.6. The number of carbonyl (C=O) groups is 1. The van der Waals surface area contributed by atoms with E-state index in [0.29, 0.717) is 0 Å². The summed E-state index contributed by atoms with van der Waals surface area (Å²) in [6.07, 6.45) is -25.6. The fourth-order valence-corrected chi connectivity index (χ4v) is 0.909. The molecular weight excluding hydrogens is 407 g/mol. The van der Waals surface area contributed by atoms with Crippen molar-refractivity contribution in [2.75, 3.05) is 0 Å². The van der Waals surface area contributed by atoms with Crippen molar-refractivity contribution in [1.29, 1.82) is 0 Å². The summed E-state index contributed by atoms with van der Waals surface area (Å²) in [7, 11) is 0. The Morgan fingerprint density at radius 1 is 0.760 bits per heavy atom. The second-order valence-corrected chi connectivity index (χ2v) is 3.75. The Labute approximate surface area is 126 Å². The summed E-state index contributed by atoms with van der Waals surface area (Å²) in [4.78, 5) is 10.1. The molecule has 0 heterocycles. The van der Waals surface area contributed by atoms with E-state index in [-0.39, 0.29) is 0 Å². The summed E-state index contributed by atoms with van der Waals surface area (Å²) >= 11 is 0. The van der Waals surface area contributed by atoms with Gasteiger partial charge in [-0.3, -0.25) is 4.74 Å². The molecule has 2 atom stereocenters. The van der Waals surface area contributed by atoms with Crippen LogP contribution in [0.15, 0.2) is 12.1 Å². The highest BCUT2D eigenvalue weighted by Gasteiger charge is 2.81. The lowest BCUT2D eigenvalue weighted by Gasteiger charge is -2.36. The molecule has 0 fully saturated rings. The second-order valence-electron chi connectivity index (χ2n) is 3.75. The van der Waals surface area contributed by atoms with Gasteiger partial charge in [-0.15, -0.1) is 0 Å². The molecule has 0 aliphatic heterocycles. The average Bonchev–Trinajstić information content (AvgIpc) is 2.34. The van der Waals surface area contributed by atoms with E-state index in [2.05, 4.69) is 0 Å². The molecule has 17 heteroatoms. The number of carboxylic acid groups (broad SMARTS) is 1. The molecule has 0 aromatic heterocycles. The minimum atomic E-state index is -7.32. The topological polar surface area (TPSA) is 55.8 Å². The fourth-order valence-electron chi connectivity index (χ4n) is 0.909. The largest absolute Gasteiger partial charge is 0.477 e. The Morgan fingerprint density at radius 3 is 1.40 bits per heavy atom. The molecule has 0 amide bonds. The molecule has 0 saturated carbocycles. The number of hydrogen-bond donors (Lipinski definition) is 1. The minimum Gasteiger partial charge on any atom is -0.477 e. The van der Waals surface area contributed by atoms with Crippen molar-refractivity contribution in [1.82, 2.24) is 0 Å². The van der Waals surface area contributed by atoms with Crippen LogP contribution in [0, 0.1) is 0 Å². The quantitative estimate of drug-likeness (QED) is 0.529. The van der Waals surface area contributed by atoms with Crippen molar-refractivity contribution in [3.8, 4) is 0 Å². The molecule has 0 spiro atoms. The molecule has 0 aromatic carbocycles. The summed E-state index contributed by atoms with van der Waals surface area (Å²) < 4.78 is 165. The Morgan fingerprint density at radius 2 is 1.16 bits per heavy atom. The smallest absolute Gasteiger partial charge is 0.470 e. The first-order valence-corrected chi connectivity index (χ1v) is 4.95. The SMILES string of the molecule is O=C(O)C(F)(OC(F)(F)C(F)(OC(F)=C(F)F)C(F)(F)F)C(F)(F)F. The summed E-state index contributed by atoms with van der Waals surface area (Å²) in [5.74, 6) is -17.8. The Bertz CT molecular complexity index is 547. The predicted octanol–water partition coefficient (Wildman–Crippen LogP) is 4.19. The molecule has 0 aromatic rings. The molecule has 0 aliphatic rings. The number of aliphatic carboxylic acids is 1. The molecule has 1 N–H and O–H groups in total. The van der Waals surface area contributed by atoms with Crippen LogP contribution in [0.5, 0.6) is 0 Å². The van der Waals surface area contributed by atoms with Gasteiger partial charge in [0.1, 0.15) is 0 Å². The number of hydrogen-bond acceptors (Lipinski definition) is 3. The van der Waals surface area contributed by atoms with Crippen LogP contribution in [0.3, 0.4) is 0 Å². The lowest BCUT2D eigenvalue weighted by molar-refractivity contribution is -0.494. The van der Waals surface area contributed by atoms with Crippen LogP contribution in [0.25, 0.3) is 0 Å². The highest BCUT2D eigenvalue weighted by Crippen LogP contribution is 2.52. The van der Waals surface area contributed by atoms with Crippen LogP contribution in [0.1, 0.15) is 0 Å². The van der Waals surface area contributed by atoms with Gasteiger partial charge < -0.3 is 9.84 Å². The van der Waals surface area contributed by atoms with Crippen LogP contribution in [-0.2, 0) is 14.3 Å². The van der Waals surface area contributed by atoms with E-state index in [0.717, 1.165) is 0 Å². The molecule has 25 heavy (non-hydrogen) atoms. The van der Waals surface area contributed by atoms with Crippen LogP contribution >= 0.6 is 0 Å². The van der Waals surface area contributed by atoms with Crippen LogP contribution < -0.4 is 0 Å². The number of ether oxygens (including phenoxy) is 2. The summed E-state index contributed by atoms with van der Waals surface area (Å²) in [5.41, 5.74) is 0. The highest BCUT2D eigenvalue weighted by atomic mass is 19.4. The summed E-state index contributed by atoms with van der Waals surface area (Å²) in [6.45, 7) is 0. The normalized spacial score (nSPS) is 18.1. The van der Waals surface area contributed by atoms with Crippen LogP contribution in [0.2, 0.25) is 0 Å². The van der Waals surface area contributed by atoms with Gasteiger partial charge in [-0.1, -0.05) is 0 Å². The zero-order valence-electron chi connectivity index (χ0n) is 10.6. The second kappa shape index (κ2) is 6.41. The molecule has 0 bridgehead atoms. The van der Waals surface area contributed by atoms with Crippen LogP contribution in [-0.4, -0.2) is 41.2 Å². The minimum absolute atomic E-state index is 1.74. The van der Waals surface area contributed by atoms with Gasteiger partial charge in [0.2, 0.25) is 0 Å². The van der Waals surface area contributed by atoms with Crippen LogP contribution in [0.4, 0.5) is 57.1 Å². The first-order valence-electron chi connectivity index (χ1n) is 4.95. The number of alkyl halides is 10. The van der Waals surface area contributed by atoms with Crippen molar-refractivity contribution in [3.05, 3.63) is 12.1 Å². The maximum absolute atomic E-state index is 13.3. The van der Waals surface area contributed by atoms with Gasteiger partial charge in [-0.2, -0.15) is 57.1 Å². The van der Waals surface area contributed by atoms with Crippen molar-refractivity contribution in [2.45, 2.75) is 30.2 Å². The lowest BCUT2D eigenvalue weighted by atomic mass is 10.2. The maximum Gasteiger partial charge on any atom is 0.470 e. The van der Waals surface area contributed by atoms with Gasteiger partial charge in [0.05, 0.1) is 0 Å². The van der Waals surface area contributed by atoms with Gasteiger partial charge in [-0.25, -0.2) is 4.79 Å². The molecule has 4 nitrogen and oxygen atoms in total. The Balaban J connectivity index is 6.28. The molecular formula is C8HF13O4. The van der Waals surface area contributed by atoms with Gasteiger partial charge in [0.25, 0.3) is 0 Å². The molecule has 0 rings (SSSR count).